The van der Waals surface area contributed by atoms with Gasteiger partial charge < -0.3 is 0 Å². The first kappa shape index (κ1) is 9.74. The van der Waals surface area contributed by atoms with E-state index in [1.54, 1.807) is 6.07 Å². The zero-order chi connectivity index (χ0) is 10.9. The predicted molar refractivity (Wildman–Crippen MR) is 50.4 cm³/mol. The summed E-state index contributed by atoms with van der Waals surface area (Å²) in [5, 5.41) is 0. The fraction of sp³-hybridized carbons (Fsp3) is 0.273. The lowest BCUT2D eigenvalue weighted by Gasteiger charge is -2.35. The van der Waals surface area contributed by atoms with Crippen LogP contribution in [0.15, 0.2) is 29.3 Å². The molecule has 2 rings (SSSR count). The van der Waals surface area contributed by atoms with Gasteiger partial charge in [0, 0.05) is 12.8 Å². The molecule has 0 heterocycles. The molecule has 15 heavy (non-hydrogen) atoms. The van der Waals surface area contributed by atoms with Crippen molar-refractivity contribution < 1.29 is 14.0 Å². The van der Waals surface area contributed by atoms with Crippen molar-refractivity contribution in [2.75, 3.05) is 0 Å². The Morgan fingerprint density at radius 2 is 2.13 bits per heavy atom. The van der Waals surface area contributed by atoms with Crippen molar-refractivity contribution in [3.05, 3.63) is 35.6 Å². The normalized spacial score (nSPS) is 17.8. The SMILES string of the molecule is O=C=NC1(c2cccc(F)c2)CC(=O)C1. The molecule has 1 aliphatic rings. The Balaban J connectivity index is 2.42. The summed E-state index contributed by atoms with van der Waals surface area (Å²) in [6, 6.07) is 5.81. The Labute approximate surface area is 85.6 Å². The summed E-state index contributed by atoms with van der Waals surface area (Å²) in [6.07, 6.45) is 1.77. The lowest BCUT2D eigenvalue weighted by molar-refractivity contribution is -0.128. The molecule has 1 saturated carbocycles. The molecule has 1 aromatic rings. The molecule has 0 aromatic heterocycles. The second-order valence-corrected chi connectivity index (χ2v) is 3.64. The highest BCUT2D eigenvalue weighted by Gasteiger charge is 2.45. The highest BCUT2D eigenvalue weighted by Crippen LogP contribution is 2.42. The quantitative estimate of drug-likeness (QED) is 0.545. The smallest absolute Gasteiger partial charge is 0.235 e. The van der Waals surface area contributed by atoms with Gasteiger partial charge in [-0.05, 0) is 17.7 Å². The van der Waals surface area contributed by atoms with Crippen LogP contribution in [0.5, 0.6) is 0 Å². The van der Waals surface area contributed by atoms with E-state index in [2.05, 4.69) is 4.99 Å². The van der Waals surface area contributed by atoms with Gasteiger partial charge >= 0.3 is 0 Å². The number of Topliss-reactive ketones (excluding diaryl/α,β-unsaturated/α-hetero) is 1. The molecule has 76 valence electrons. The summed E-state index contributed by atoms with van der Waals surface area (Å²) in [7, 11) is 0. The van der Waals surface area contributed by atoms with E-state index in [-0.39, 0.29) is 18.6 Å². The number of halogens is 1. The van der Waals surface area contributed by atoms with Gasteiger partial charge in [-0.1, -0.05) is 12.1 Å². The van der Waals surface area contributed by atoms with Gasteiger partial charge in [0.25, 0.3) is 0 Å². The monoisotopic (exact) mass is 205 g/mol. The first-order valence-corrected chi connectivity index (χ1v) is 4.53. The second-order valence-electron chi connectivity index (χ2n) is 3.64. The van der Waals surface area contributed by atoms with Gasteiger partial charge in [0.2, 0.25) is 6.08 Å². The highest BCUT2D eigenvalue weighted by atomic mass is 19.1. The van der Waals surface area contributed by atoms with Gasteiger partial charge in [-0.15, -0.1) is 0 Å². The van der Waals surface area contributed by atoms with Crippen LogP contribution in [0.1, 0.15) is 18.4 Å². The third-order valence-electron chi connectivity index (χ3n) is 2.60. The van der Waals surface area contributed by atoms with Gasteiger partial charge in [0.05, 0.1) is 0 Å². The standard InChI is InChI=1S/C11H8FNO2/c12-9-3-1-2-8(4-9)11(13-7-14)5-10(15)6-11/h1-4H,5-6H2. The molecule has 0 bridgehead atoms. The number of ketones is 1. The molecule has 0 radical (unpaired) electrons. The van der Waals surface area contributed by atoms with Crippen LogP contribution in [-0.4, -0.2) is 11.9 Å². The molecule has 1 aromatic carbocycles. The van der Waals surface area contributed by atoms with Crippen LogP contribution >= 0.6 is 0 Å². The molecule has 1 aliphatic carbocycles. The van der Waals surface area contributed by atoms with Crippen molar-refractivity contribution in [1.29, 1.82) is 0 Å². The maximum Gasteiger partial charge on any atom is 0.235 e. The number of benzene rings is 1. The molecular formula is C11H8FNO2. The van der Waals surface area contributed by atoms with Crippen LogP contribution < -0.4 is 0 Å². The largest absolute Gasteiger partial charge is 0.299 e. The molecule has 0 atom stereocenters. The first-order chi connectivity index (χ1) is 7.16. The van der Waals surface area contributed by atoms with Gasteiger partial charge in [-0.25, -0.2) is 9.18 Å². The zero-order valence-electron chi connectivity index (χ0n) is 7.87. The summed E-state index contributed by atoms with van der Waals surface area (Å²) in [5.41, 5.74) is -0.300. The minimum atomic E-state index is -0.860. The number of aliphatic imine (C=N–C) groups is 1. The average Bonchev–Trinajstić information content (AvgIpc) is 2.15. The van der Waals surface area contributed by atoms with Crippen LogP contribution in [0.2, 0.25) is 0 Å². The highest BCUT2D eigenvalue weighted by molar-refractivity contribution is 5.88. The number of nitrogens with zero attached hydrogens (tertiary/aromatic N) is 1. The summed E-state index contributed by atoms with van der Waals surface area (Å²) in [4.78, 5) is 24.9. The van der Waals surface area contributed by atoms with E-state index in [0.717, 1.165) is 0 Å². The van der Waals surface area contributed by atoms with E-state index in [1.165, 1.54) is 24.3 Å². The third kappa shape index (κ3) is 1.60. The molecule has 0 aliphatic heterocycles. The van der Waals surface area contributed by atoms with Crippen molar-refractivity contribution in [2.24, 2.45) is 4.99 Å². The van der Waals surface area contributed by atoms with Crippen molar-refractivity contribution in [3.63, 3.8) is 0 Å². The van der Waals surface area contributed by atoms with Crippen LogP contribution in [0.25, 0.3) is 0 Å². The Kier molecular flexibility index (Phi) is 2.21. The van der Waals surface area contributed by atoms with E-state index in [1.807, 2.05) is 0 Å². The lowest BCUT2D eigenvalue weighted by atomic mass is 9.71. The van der Waals surface area contributed by atoms with Crippen LogP contribution in [0, 0.1) is 5.82 Å². The van der Waals surface area contributed by atoms with Crippen molar-refractivity contribution >= 4 is 11.9 Å². The molecular weight excluding hydrogens is 197 g/mol. The molecule has 1 fully saturated rings. The minimum absolute atomic E-state index is 0.0262. The van der Waals surface area contributed by atoms with Crippen LogP contribution in [0.4, 0.5) is 4.39 Å². The summed E-state index contributed by atoms with van der Waals surface area (Å²) < 4.78 is 13.0. The molecule has 0 N–H and O–H groups in total. The van der Waals surface area contributed by atoms with Crippen molar-refractivity contribution in [3.8, 4) is 0 Å². The minimum Gasteiger partial charge on any atom is -0.299 e. The summed E-state index contributed by atoms with van der Waals surface area (Å²) in [6.45, 7) is 0. The number of hydrogen-bond acceptors (Lipinski definition) is 3. The van der Waals surface area contributed by atoms with Crippen molar-refractivity contribution in [2.45, 2.75) is 18.4 Å². The Hall–Kier alpha value is -1.80. The van der Waals surface area contributed by atoms with Crippen LogP contribution in [0.3, 0.4) is 0 Å². The van der Waals surface area contributed by atoms with Gasteiger partial charge in [0.15, 0.2) is 0 Å². The van der Waals surface area contributed by atoms with E-state index < -0.39 is 11.4 Å². The Bertz CT molecular complexity index is 455. The van der Waals surface area contributed by atoms with Crippen LogP contribution in [-0.2, 0) is 15.1 Å². The fourth-order valence-electron chi connectivity index (χ4n) is 1.81. The number of hydrogen-bond donors (Lipinski definition) is 0. The van der Waals surface area contributed by atoms with Gasteiger partial charge in [-0.2, -0.15) is 4.99 Å². The van der Waals surface area contributed by atoms with E-state index in [9.17, 15) is 14.0 Å². The molecule has 0 unspecified atom stereocenters. The fourth-order valence-corrected chi connectivity index (χ4v) is 1.81. The third-order valence-corrected chi connectivity index (χ3v) is 2.60. The molecule has 0 amide bonds. The predicted octanol–water partition coefficient (Wildman–Crippen LogP) is 1.72. The average molecular weight is 205 g/mol. The summed E-state index contributed by atoms with van der Waals surface area (Å²) >= 11 is 0. The first-order valence-electron chi connectivity index (χ1n) is 4.53. The molecule has 0 spiro atoms. The molecule has 4 heteroatoms. The molecule has 0 saturated heterocycles. The number of carbonyl (C=O) groups is 1. The number of rotatable bonds is 2. The van der Waals surface area contributed by atoms with Gasteiger partial charge in [0.1, 0.15) is 17.1 Å². The second kappa shape index (κ2) is 3.41. The molecule has 3 nitrogen and oxygen atoms in total. The maximum absolute atomic E-state index is 13.0. The number of carbonyl (C=O) groups excluding carboxylic acids is 2. The zero-order valence-corrected chi connectivity index (χ0v) is 7.87. The topological polar surface area (TPSA) is 46.5 Å². The van der Waals surface area contributed by atoms with Gasteiger partial charge in [-0.3, -0.25) is 4.79 Å². The lowest BCUT2D eigenvalue weighted by Crippen LogP contribution is -2.39. The van der Waals surface area contributed by atoms with E-state index in [0.29, 0.717) is 5.56 Å². The number of isocyanates is 1. The van der Waals surface area contributed by atoms with E-state index in [4.69, 9.17) is 0 Å². The Morgan fingerprint density at radius 3 is 2.67 bits per heavy atom. The Morgan fingerprint density at radius 1 is 1.40 bits per heavy atom. The maximum atomic E-state index is 13.0. The summed E-state index contributed by atoms with van der Waals surface area (Å²) in [5.74, 6) is -0.370. The van der Waals surface area contributed by atoms with Crippen molar-refractivity contribution in [1.82, 2.24) is 0 Å². The van der Waals surface area contributed by atoms with E-state index >= 15 is 0 Å².